The Hall–Kier alpha value is -2.39. The Labute approximate surface area is 148 Å². The van der Waals surface area contributed by atoms with E-state index in [9.17, 15) is 26.4 Å². The minimum atomic E-state index is -4.41. The van der Waals surface area contributed by atoms with E-state index in [1.54, 1.807) is 0 Å². The van der Waals surface area contributed by atoms with Gasteiger partial charge in [0.25, 0.3) is 0 Å². The van der Waals surface area contributed by atoms with Crippen LogP contribution in [0.2, 0.25) is 0 Å². The van der Waals surface area contributed by atoms with Crippen molar-refractivity contribution in [2.45, 2.75) is 17.5 Å². The predicted molar refractivity (Wildman–Crippen MR) is 88.1 cm³/mol. The second-order valence-electron chi connectivity index (χ2n) is 5.36. The second kappa shape index (κ2) is 7.88. The van der Waals surface area contributed by atoms with Crippen molar-refractivity contribution in [2.24, 2.45) is 0 Å². The van der Waals surface area contributed by atoms with E-state index in [2.05, 4.69) is 9.46 Å². The number of hydrogen-bond acceptors (Lipinski definition) is 4. The Balaban J connectivity index is 1.97. The fourth-order valence-electron chi connectivity index (χ4n) is 2.16. The maximum atomic E-state index is 12.5. The summed E-state index contributed by atoms with van der Waals surface area (Å²) >= 11 is 0. The van der Waals surface area contributed by atoms with Crippen LogP contribution in [-0.4, -0.2) is 28.0 Å². The van der Waals surface area contributed by atoms with Gasteiger partial charge in [-0.15, -0.1) is 0 Å². The molecule has 0 aliphatic rings. The lowest BCUT2D eigenvalue weighted by Gasteiger charge is -2.09. The molecule has 26 heavy (non-hydrogen) atoms. The fourth-order valence-corrected chi connectivity index (χ4v) is 3.19. The molecule has 0 bridgehead atoms. The van der Waals surface area contributed by atoms with Crippen molar-refractivity contribution in [2.75, 3.05) is 13.7 Å². The van der Waals surface area contributed by atoms with Crippen LogP contribution in [0, 0.1) is 0 Å². The smallest absolute Gasteiger partial charge is 0.416 e. The van der Waals surface area contributed by atoms with Crippen molar-refractivity contribution >= 4 is 16.0 Å². The number of carbonyl (C=O) groups excluding carboxylic acids is 1. The van der Waals surface area contributed by atoms with Gasteiger partial charge in [-0.3, -0.25) is 0 Å². The van der Waals surface area contributed by atoms with E-state index in [1.165, 1.54) is 43.5 Å². The highest BCUT2D eigenvalue weighted by Crippen LogP contribution is 2.29. The van der Waals surface area contributed by atoms with Gasteiger partial charge in [-0.25, -0.2) is 17.9 Å². The summed E-state index contributed by atoms with van der Waals surface area (Å²) in [6, 6.07) is 9.72. The average Bonchev–Trinajstić information content (AvgIpc) is 2.60. The Bertz CT molecular complexity index is 860. The van der Waals surface area contributed by atoms with Crippen LogP contribution >= 0.6 is 0 Å². The molecule has 140 valence electrons. The summed E-state index contributed by atoms with van der Waals surface area (Å²) in [6.45, 7) is 0.0203. The predicted octanol–water partition coefficient (Wildman–Crippen LogP) is 3.01. The number of benzene rings is 2. The molecule has 0 saturated carbocycles. The molecule has 0 aliphatic carbocycles. The summed E-state index contributed by atoms with van der Waals surface area (Å²) in [4.78, 5) is 11.3. The summed E-state index contributed by atoms with van der Waals surface area (Å²) in [7, 11) is -2.58. The third-order valence-electron chi connectivity index (χ3n) is 3.57. The number of sulfonamides is 1. The molecule has 0 spiro atoms. The Kier molecular flexibility index (Phi) is 6.04. The summed E-state index contributed by atoms with van der Waals surface area (Å²) in [5.74, 6) is -0.579. The van der Waals surface area contributed by atoms with Crippen LogP contribution in [0.5, 0.6) is 0 Å². The van der Waals surface area contributed by atoms with E-state index in [4.69, 9.17) is 0 Å². The van der Waals surface area contributed by atoms with Gasteiger partial charge < -0.3 is 4.74 Å². The van der Waals surface area contributed by atoms with E-state index >= 15 is 0 Å². The fraction of sp³-hybridized carbons (Fsp3) is 0.235. The molecule has 2 aromatic carbocycles. The summed E-state index contributed by atoms with van der Waals surface area (Å²) in [5, 5.41) is 0. The molecule has 0 aromatic heterocycles. The second-order valence-corrected chi connectivity index (χ2v) is 7.13. The largest absolute Gasteiger partial charge is 0.465 e. The quantitative estimate of drug-likeness (QED) is 0.774. The highest BCUT2D eigenvalue weighted by atomic mass is 32.2. The first-order valence-corrected chi connectivity index (χ1v) is 8.96. The van der Waals surface area contributed by atoms with Gasteiger partial charge in [0.15, 0.2) is 0 Å². The Morgan fingerprint density at radius 1 is 1.04 bits per heavy atom. The highest BCUT2D eigenvalue weighted by molar-refractivity contribution is 7.89. The van der Waals surface area contributed by atoms with E-state index in [1.807, 2.05) is 0 Å². The van der Waals surface area contributed by atoms with Crippen molar-refractivity contribution in [3.63, 3.8) is 0 Å². The first-order chi connectivity index (χ1) is 12.1. The normalized spacial score (nSPS) is 12.0. The number of nitrogens with one attached hydrogen (secondary N) is 1. The van der Waals surface area contributed by atoms with Crippen LogP contribution in [0.4, 0.5) is 13.2 Å². The average molecular weight is 387 g/mol. The zero-order valence-electron chi connectivity index (χ0n) is 13.7. The maximum Gasteiger partial charge on any atom is 0.416 e. The molecular formula is C17H16F3NO4S. The van der Waals surface area contributed by atoms with Crippen LogP contribution in [0.25, 0.3) is 0 Å². The molecule has 2 rings (SSSR count). The molecule has 0 aliphatic heterocycles. The van der Waals surface area contributed by atoms with Crippen molar-refractivity contribution in [1.82, 2.24) is 4.72 Å². The van der Waals surface area contributed by atoms with Gasteiger partial charge in [0.05, 0.1) is 23.1 Å². The number of alkyl halides is 3. The van der Waals surface area contributed by atoms with E-state index < -0.39 is 27.7 Å². The van der Waals surface area contributed by atoms with E-state index in [0.717, 1.165) is 12.1 Å². The molecule has 0 atom stereocenters. The third kappa shape index (κ3) is 5.06. The molecule has 0 saturated heterocycles. The van der Waals surface area contributed by atoms with Crippen LogP contribution in [0.1, 0.15) is 21.5 Å². The van der Waals surface area contributed by atoms with Crippen LogP contribution in [0.3, 0.4) is 0 Å². The zero-order chi connectivity index (χ0) is 19.4. The molecular weight excluding hydrogens is 371 g/mol. The minimum Gasteiger partial charge on any atom is -0.465 e. The molecule has 0 amide bonds. The van der Waals surface area contributed by atoms with Gasteiger partial charge in [-0.2, -0.15) is 13.2 Å². The van der Waals surface area contributed by atoms with Gasteiger partial charge in [-0.1, -0.05) is 12.1 Å². The highest BCUT2D eigenvalue weighted by Gasteiger charge is 2.29. The molecule has 5 nitrogen and oxygen atoms in total. The summed E-state index contributed by atoms with van der Waals surface area (Å²) in [6.07, 6.45) is -4.17. The number of carbonyl (C=O) groups is 1. The van der Waals surface area contributed by atoms with Crippen molar-refractivity contribution in [1.29, 1.82) is 0 Å². The Morgan fingerprint density at radius 2 is 1.62 bits per heavy atom. The van der Waals surface area contributed by atoms with Crippen molar-refractivity contribution in [3.05, 3.63) is 65.2 Å². The number of esters is 1. The van der Waals surface area contributed by atoms with Crippen molar-refractivity contribution in [3.8, 4) is 0 Å². The molecule has 1 N–H and O–H groups in total. The number of hydrogen-bond donors (Lipinski definition) is 1. The monoisotopic (exact) mass is 387 g/mol. The van der Waals surface area contributed by atoms with Crippen molar-refractivity contribution < 1.29 is 31.1 Å². The van der Waals surface area contributed by atoms with E-state index in [0.29, 0.717) is 5.56 Å². The van der Waals surface area contributed by atoms with Crippen LogP contribution in [0.15, 0.2) is 53.4 Å². The summed E-state index contributed by atoms with van der Waals surface area (Å²) < 4.78 is 68.7. The van der Waals surface area contributed by atoms with Gasteiger partial charge in [0.2, 0.25) is 10.0 Å². The molecule has 2 aromatic rings. The standard InChI is InChI=1S/C17H16F3NO4S/c1-25-16(22)13-4-8-15(9-5-13)26(23,24)21-11-10-12-2-6-14(7-3-12)17(18,19)20/h2-9,21H,10-11H2,1H3. The Morgan fingerprint density at radius 3 is 2.12 bits per heavy atom. The number of halogens is 3. The third-order valence-corrected chi connectivity index (χ3v) is 5.05. The topological polar surface area (TPSA) is 72.5 Å². The SMILES string of the molecule is COC(=O)c1ccc(S(=O)(=O)NCCc2ccc(C(F)(F)F)cc2)cc1. The van der Waals surface area contributed by atoms with Gasteiger partial charge in [0, 0.05) is 6.54 Å². The first kappa shape index (κ1) is 19.9. The lowest BCUT2D eigenvalue weighted by atomic mass is 10.1. The van der Waals surface area contributed by atoms with Gasteiger partial charge >= 0.3 is 12.1 Å². The number of methoxy groups -OCH3 is 1. The van der Waals surface area contributed by atoms with Crippen LogP contribution < -0.4 is 4.72 Å². The molecule has 0 heterocycles. The van der Waals surface area contributed by atoms with Gasteiger partial charge in [-0.05, 0) is 48.4 Å². The number of ether oxygens (including phenoxy) is 1. The van der Waals surface area contributed by atoms with E-state index in [-0.39, 0.29) is 23.4 Å². The number of rotatable bonds is 6. The first-order valence-electron chi connectivity index (χ1n) is 7.47. The molecule has 9 heteroatoms. The lowest BCUT2D eigenvalue weighted by molar-refractivity contribution is -0.137. The minimum absolute atomic E-state index is 0.0203. The van der Waals surface area contributed by atoms with Gasteiger partial charge in [0.1, 0.15) is 0 Å². The summed E-state index contributed by atoms with van der Waals surface area (Å²) in [5.41, 5.74) is 0.0328. The molecule has 0 radical (unpaired) electrons. The maximum absolute atomic E-state index is 12.5. The molecule has 0 fully saturated rings. The lowest BCUT2D eigenvalue weighted by Crippen LogP contribution is -2.26. The molecule has 0 unspecified atom stereocenters. The zero-order valence-corrected chi connectivity index (χ0v) is 14.5. The van der Waals surface area contributed by atoms with Crippen LogP contribution in [-0.2, 0) is 27.4 Å².